The Morgan fingerprint density at radius 1 is 1.16 bits per heavy atom. The summed E-state index contributed by atoms with van der Waals surface area (Å²) in [5, 5.41) is 15.8. The first-order valence-electron chi connectivity index (χ1n) is 7.68. The molecule has 0 fully saturated rings. The number of para-hydroxylation sites is 2. The van der Waals surface area contributed by atoms with Gasteiger partial charge in [0.2, 0.25) is 0 Å². The summed E-state index contributed by atoms with van der Waals surface area (Å²) < 4.78 is 28.9. The normalized spacial score (nSPS) is 12.2. The van der Waals surface area contributed by atoms with Crippen LogP contribution in [0.15, 0.2) is 48.7 Å². The summed E-state index contributed by atoms with van der Waals surface area (Å²) in [4.78, 5) is 11.8. The van der Waals surface area contributed by atoms with Gasteiger partial charge in [-0.1, -0.05) is 24.3 Å². The number of aliphatic hydroxyl groups excluding tert-OH is 1. The Balaban J connectivity index is 1.67. The molecule has 1 atom stereocenters. The maximum Gasteiger partial charge on any atom is 0.319 e. The van der Waals surface area contributed by atoms with Gasteiger partial charge in [-0.15, -0.1) is 0 Å². The molecule has 0 aliphatic carbocycles. The SMILES string of the molecule is Cn1cc([C@@H](O)CNC(=O)Nc2c(F)cccc2F)c2ccccc21. The molecule has 0 aliphatic heterocycles. The fraction of sp³-hybridized carbons (Fsp3) is 0.167. The molecular weight excluding hydrogens is 328 g/mol. The maximum atomic E-state index is 13.5. The number of aryl methyl sites for hydroxylation is 1. The highest BCUT2D eigenvalue weighted by molar-refractivity contribution is 5.89. The molecule has 0 saturated heterocycles. The number of hydrogen-bond acceptors (Lipinski definition) is 2. The van der Waals surface area contributed by atoms with E-state index in [9.17, 15) is 18.7 Å². The molecule has 0 bridgehead atoms. The van der Waals surface area contributed by atoms with Gasteiger partial charge in [0, 0.05) is 36.3 Å². The Morgan fingerprint density at radius 3 is 2.56 bits per heavy atom. The van der Waals surface area contributed by atoms with Crippen molar-refractivity contribution in [3.63, 3.8) is 0 Å². The van der Waals surface area contributed by atoms with Crippen molar-refractivity contribution in [3.05, 3.63) is 65.9 Å². The molecular formula is C18H17F2N3O2. The summed E-state index contributed by atoms with van der Waals surface area (Å²) >= 11 is 0. The highest BCUT2D eigenvalue weighted by atomic mass is 19.1. The number of carbonyl (C=O) groups excluding carboxylic acids is 1. The second kappa shape index (κ2) is 6.90. The predicted octanol–water partition coefficient (Wildman–Crippen LogP) is 3.31. The molecule has 130 valence electrons. The molecule has 2 amide bonds. The number of nitrogens with zero attached hydrogens (tertiary/aromatic N) is 1. The number of aliphatic hydroxyl groups is 1. The van der Waals surface area contributed by atoms with Gasteiger partial charge in [0.1, 0.15) is 17.3 Å². The van der Waals surface area contributed by atoms with Crippen molar-refractivity contribution in [2.45, 2.75) is 6.10 Å². The molecule has 2 aromatic carbocycles. The second-order valence-corrected chi connectivity index (χ2v) is 5.66. The van der Waals surface area contributed by atoms with Crippen LogP contribution >= 0.6 is 0 Å². The Labute approximate surface area is 142 Å². The van der Waals surface area contributed by atoms with Gasteiger partial charge in [-0.25, -0.2) is 13.6 Å². The fourth-order valence-corrected chi connectivity index (χ4v) is 2.71. The smallest absolute Gasteiger partial charge is 0.319 e. The van der Waals surface area contributed by atoms with Gasteiger partial charge >= 0.3 is 6.03 Å². The Bertz CT molecular complexity index is 904. The van der Waals surface area contributed by atoms with Crippen molar-refractivity contribution >= 4 is 22.6 Å². The summed E-state index contributed by atoms with van der Waals surface area (Å²) in [7, 11) is 1.86. The zero-order valence-corrected chi connectivity index (χ0v) is 13.5. The zero-order chi connectivity index (χ0) is 18.0. The Hall–Kier alpha value is -2.93. The van der Waals surface area contributed by atoms with Crippen molar-refractivity contribution < 1.29 is 18.7 Å². The number of halogens is 2. The zero-order valence-electron chi connectivity index (χ0n) is 13.5. The molecule has 1 heterocycles. The number of urea groups is 1. The Kier molecular flexibility index (Phi) is 4.67. The van der Waals surface area contributed by atoms with Crippen LogP contribution in [0.3, 0.4) is 0 Å². The van der Waals surface area contributed by atoms with Gasteiger partial charge in [-0.05, 0) is 18.2 Å². The van der Waals surface area contributed by atoms with Crippen molar-refractivity contribution in [2.24, 2.45) is 7.05 Å². The van der Waals surface area contributed by atoms with Crippen LogP contribution in [0.1, 0.15) is 11.7 Å². The average molecular weight is 345 g/mol. The van der Waals surface area contributed by atoms with Gasteiger partial charge < -0.3 is 20.3 Å². The monoisotopic (exact) mass is 345 g/mol. The minimum atomic E-state index is -0.956. The van der Waals surface area contributed by atoms with Crippen molar-refractivity contribution in [1.29, 1.82) is 0 Å². The molecule has 0 unspecified atom stereocenters. The number of amides is 2. The van der Waals surface area contributed by atoms with E-state index in [1.54, 1.807) is 6.20 Å². The van der Waals surface area contributed by atoms with E-state index in [0.29, 0.717) is 5.56 Å². The lowest BCUT2D eigenvalue weighted by molar-refractivity contribution is 0.176. The molecule has 0 saturated carbocycles. The summed E-state index contributed by atoms with van der Waals surface area (Å²) in [5.74, 6) is -1.74. The number of hydrogen-bond donors (Lipinski definition) is 3. The van der Waals surface area contributed by atoms with Gasteiger partial charge in [-0.3, -0.25) is 0 Å². The molecule has 3 rings (SSSR count). The predicted molar refractivity (Wildman–Crippen MR) is 91.3 cm³/mol. The minimum Gasteiger partial charge on any atom is -0.386 e. The van der Waals surface area contributed by atoms with Crippen molar-refractivity contribution in [1.82, 2.24) is 9.88 Å². The van der Waals surface area contributed by atoms with Crippen LogP contribution in [0.25, 0.3) is 10.9 Å². The number of fused-ring (bicyclic) bond motifs is 1. The third-order valence-electron chi connectivity index (χ3n) is 3.94. The van der Waals surface area contributed by atoms with Gasteiger partial charge in [0.25, 0.3) is 0 Å². The number of rotatable bonds is 4. The molecule has 0 spiro atoms. The highest BCUT2D eigenvalue weighted by Gasteiger charge is 2.16. The quantitative estimate of drug-likeness (QED) is 0.679. The molecule has 3 N–H and O–H groups in total. The number of aromatic nitrogens is 1. The molecule has 3 aromatic rings. The molecule has 0 aliphatic rings. The molecule has 7 heteroatoms. The third kappa shape index (κ3) is 3.46. The highest BCUT2D eigenvalue weighted by Crippen LogP contribution is 2.25. The van der Waals surface area contributed by atoms with Gasteiger partial charge in [0.15, 0.2) is 0 Å². The van der Waals surface area contributed by atoms with Crippen molar-refractivity contribution in [2.75, 3.05) is 11.9 Å². The molecule has 5 nitrogen and oxygen atoms in total. The average Bonchev–Trinajstić information content (AvgIpc) is 2.94. The van der Waals surface area contributed by atoms with Gasteiger partial charge in [-0.2, -0.15) is 0 Å². The van der Waals surface area contributed by atoms with Crippen LogP contribution in [0.2, 0.25) is 0 Å². The van der Waals surface area contributed by atoms with E-state index in [4.69, 9.17) is 0 Å². The topological polar surface area (TPSA) is 66.3 Å². The van der Waals surface area contributed by atoms with Crippen LogP contribution in [0.4, 0.5) is 19.3 Å². The van der Waals surface area contributed by atoms with Crippen molar-refractivity contribution in [3.8, 4) is 0 Å². The van der Waals surface area contributed by atoms with E-state index in [-0.39, 0.29) is 6.54 Å². The summed E-state index contributed by atoms with van der Waals surface area (Å²) in [6.45, 7) is -0.101. The van der Waals surface area contributed by atoms with E-state index in [1.807, 2.05) is 35.9 Å². The van der Waals surface area contributed by atoms with Crippen LogP contribution < -0.4 is 10.6 Å². The number of benzene rings is 2. The van der Waals surface area contributed by atoms with Crippen LogP contribution in [-0.4, -0.2) is 22.2 Å². The van der Waals surface area contributed by atoms with E-state index in [1.165, 1.54) is 6.07 Å². The van der Waals surface area contributed by atoms with Crippen LogP contribution in [0, 0.1) is 11.6 Å². The number of anilines is 1. The lowest BCUT2D eigenvalue weighted by atomic mass is 10.1. The van der Waals surface area contributed by atoms with E-state index < -0.39 is 29.5 Å². The number of nitrogens with one attached hydrogen (secondary N) is 2. The lowest BCUT2D eigenvalue weighted by Crippen LogP contribution is -2.33. The van der Waals surface area contributed by atoms with E-state index in [0.717, 1.165) is 23.0 Å². The first-order valence-corrected chi connectivity index (χ1v) is 7.68. The minimum absolute atomic E-state index is 0.101. The largest absolute Gasteiger partial charge is 0.386 e. The second-order valence-electron chi connectivity index (χ2n) is 5.66. The standard InChI is InChI=1S/C18H17F2N3O2/c1-23-10-12(11-5-2-3-8-15(11)23)16(24)9-21-18(25)22-17-13(19)6-4-7-14(17)20/h2-8,10,16,24H,9H2,1H3,(H2,21,22,25)/t16-/m0/s1. The van der Waals surface area contributed by atoms with Gasteiger partial charge in [0.05, 0.1) is 6.10 Å². The van der Waals surface area contributed by atoms with Crippen LogP contribution in [0.5, 0.6) is 0 Å². The Morgan fingerprint density at radius 2 is 1.84 bits per heavy atom. The van der Waals surface area contributed by atoms with E-state index >= 15 is 0 Å². The maximum absolute atomic E-state index is 13.5. The third-order valence-corrected chi connectivity index (χ3v) is 3.94. The first kappa shape index (κ1) is 16.9. The summed E-state index contributed by atoms with van der Waals surface area (Å²) in [5.41, 5.74) is 1.09. The molecule has 1 aromatic heterocycles. The lowest BCUT2D eigenvalue weighted by Gasteiger charge is -2.13. The first-order chi connectivity index (χ1) is 12.0. The summed E-state index contributed by atoms with van der Waals surface area (Å²) in [6.07, 6.45) is 0.827. The summed E-state index contributed by atoms with van der Waals surface area (Å²) in [6, 6.07) is 10.1. The fourth-order valence-electron chi connectivity index (χ4n) is 2.71. The molecule has 0 radical (unpaired) electrons. The number of carbonyl (C=O) groups is 1. The van der Waals surface area contributed by atoms with Crippen LogP contribution in [-0.2, 0) is 7.05 Å². The molecule has 25 heavy (non-hydrogen) atoms. The van der Waals surface area contributed by atoms with E-state index in [2.05, 4.69) is 10.6 Å².